The third-order valence-corrected chi connectivity index (χ3v) is 7.53. The van der Waals surface area contributed by atoms with Crippen LogP contribution in [-0.4, -0.2) is 28.7 Å². The first-order valence-electron chi connectivity index (χ1n) is 12.2. The minimum atomic E-state index is -1.26. The number of benzene rings is 1. The minimum Gasteiger partial charge on any atom is -0.478 e. The maximum Gasteiger partial charge on any atom is 0.328 e. The molecule has 0 heterocycles. The topological polar surface area (TPSA) is 101 Å². The van der Waals surface area contributed by atoms with Crippen LogP contribution in [0.3, 0.4) is 0 Å². The lowest BCUT2D eigenvalue weighted by molar-refractivity contribution is -0.134. The highest BCUT2D eigenvalue weighted by Gasteiger charge is 2.50. The van der Waals surface area contributed by atoms with Crippen LogP contribution < -0.4 is 5.73 Å². The first-order valence-corrected chi connectivity index (χ1v) is 12.2. The first-order chi connectivity index (χ1) is 15.5. The molecule has 1 fully saturated rings. The number of carboxylic acids is 2. The molecule has 5 nitrogen and oxygen atoms in total. The van der Waals surface area contributed by atoms with Gasteiger partial charge >= 0.3 is 11.9 Å². The summed E-state index contributed by atoms with van der Waals surface area (Å²) in [5, 5.41) is 15.6. The van der Waals surface area contributed by atoms with Crippen LogP contribution in [0.25, 0.3) is 0 Å². The van der Waals surface area contributed by atoms with E-state index < -0.39 is 11.9 Å². The highest BCUT2D eigenvalue weighted by Crippen LogP contribution is 2.57. The van der Waals surface area contributed by atoms with Crippen molar-refractivity contribution in [2.24, 2.45) is 17.1 Å². The number of hydrogen-bond acceptors (Lipinski definition) is 3. The number of allylic oxidation sites excluding steroid dienone is 2. The van der Waals surface area contributed by atoms with Gasteiger partial charge in [0.25, 0.3) is 0 Å². The number of aliphatic carboxylic acids is 2. The maximum atomic E-state index is 9.55. The molecular weight excluding hydrogens is 414 g/mol. The van der Waals surface area contributed by atoms with Crippen LogP contribution in [0.15, 0.2) is 42.5 Å². The van der Waals surface area contributed by atoms with Crippen LogP contribution in [0.4, 0.5) is 0 Å². The average Bonchev–Trinajstić information content (AvgIpc) is 2.75. The Hall–Kier alpha value is -2.40. The summed E-state index contributed by atoms with van der Waals surface area (Å²) in [6, 6.07) is 7.37. The molecule has 33 heavy (non-hydrogen) atoms. The van der Waals surface area contributed by atoms with Crippen LogP contribution in [-0.2, 0) is 21.4 Å². The SMILES string of the molecule is CC(C)c1ccc2c(c1)CC[C@H]1[C@](C)(/C=C\CCCN)CCC[C@]21C.O=C(O)/C=C/C(=O)O. The van der Waals surface area contributed by atoms with Crippen LogP contribution in [0.2, 0.25) is 0 Å². The fourth-order valence-electron chi connectivity index (χ4n) is 5.85. The van der Waals surface area contributed by atoms with Gasteiger partial charge in [0.2, 0.25) is 0 Å². The van der Waals surface area contributed by atoms with Crippen molar-refractivity contribution >= 4 is 11.9 Å². The number of carboxylic acid groups (broad SMARTS) is 2. The van der Waals surface area contributed by atoms with E-state index in [0.29, 0.717) is 28.9 Å². The van der Waals surface area contributed by atoms with Crippen molar-refractivity contribution in [1.82, 2.24) is 0 Å². The van der Waals surface area contributed by atoms with Crippen molar-refractivity contribution in [3.05, 3.63) is 59.2 Å². The van der Waals surface area contributed by atoms with Gasteiger partial charge < -0.3 is 15.9 Å². The standard InChI is InChI=1S/C24H37N.C4H4O4/c1-18(2)19-9-11-21-20(17-19)10-12-22-23(3,13-6-5-7-16-25)14-8-15-24(21,22)4;5-3(6)1-2-4(7)8/h6,9,11,13,17-18,22H,5,7-8,10,12,14-16,25H2,1-4H3;1-2H,(H,5,6)(H,7,8)/b13-6-;2-1+/t22-,23+,24+;/m0./s1. The first kappa shape index (κ1) is 26.8. The molecule has 0 unspecified atom stereocenters. The molecule has 0 spiro atoms. The molecule has 0 bridgehead atoms. The zero-order chi connectivity index (χ0) is 24.6. The van der Waals surface area contributed by atoms with Gasteiger partial charge in [-0.3, -0.25) is 0 Å². The van der Waals surface area contributed by atoms with E-state index in [-0.39, 0.29) is 0 Å². The Morgan fingerprint density at radius 3 is 2.39 bits per heavy atom. The lowest BCUT2D eigenvalue weighted by Crippen LogP contribution is -2.48. The predicted octanol–water partition coefficient (Wildman–Crippen LogP) is 5.83. The van der Waals surface area contributed by atoms with Crippen molar-refractivity contribution in [3.8, 4) is 0 Å². The molecule has 5 heteroatoms. The smallest absolute Gasteiger partial charge is 0.328 e. The van der Waals surface area contributed by atoms with Gasteiger partial charge in [0.1, 0.15) is 0 Å². The number of hydrogen-bond donors (Lipinski definition) is 3. The quantitative estimate of drug-likeness (QED) is 0.273. The van der Waals surface area contributed by atoms with Gasteiger partial charge in [0.05, 0.1) is 0 Å². The van der Waals surface area contributed by atoms with E-state index in [1.807, 2.05) is 0 Å². The second-order valence-electron chi connectivity index (χ2n) is 10.3. The summed E-state index contributed by atoms with van der Waals surface area (Å²) in [6.07, 6.45) is 14.9. The Balaban J connectivity index is 0.000000414. The van der Waals surface area contributed by atoms with Crippen molar-refractivity contribution in [3.63, 3.8) is 0 Å². The number of rotatable bonds is 7. The molecule has 1 aromatic rings. The van der Waals surface area contributed by atoms with E-state index in [1.165, 1.54) is 37.7 Å². The van der Waals surface area contributed by atoms with Gasteiger partial charge in [0, 0.05) is 12.2 Å². The van der Waals surface area contributed by atoms with Crippen LogP contribution in [0.5, 0.6) is 0 Å². The van der Waals surface area contributed by atoms with E-state index >= 15 is 0 Å². The number of aryl methyl sites for hydroxylation is 1. The third-order valence-electron chi connectivity index (χ3n) is 7.53. The molecule has 0 saturated heterocycles. The lowest BCUT2D eigenvalue weighted by Gasteiger charge is -2.54. The molecule has 3 rings (SSSR count). The van der Waals surface area contributed by atoms with Crippen molar-refractivity contribution in [2.45, 2.75) is 84.0 Å². The van der Waals surface area contributed by atoms with Gasteiger partial charge in [-0.05, 0) is 84.4 Å². The highest BCUT2D eigenvalue weighted by molar-refractivity contribution is 5.89. The van der Waals surface area contributed by atoms with E-state index in [9.17, 15) is 9.59 Å². The molecule has 0 aromatic heterocycles. The number of nitrogens with two attached hydrogens (primary N) is 1. The Morgan fingerprint density at radius 1 is 1.15 bits per heavy atom. The van der Waals surface area contributed by atoms with E-state index in [4.69, 9.17) is 15.9 Å². The summed E-state index contributed by atoms with van der Waals surface area (Å²) in [7, 11) is 0. The summed E-state index contributed by atoms with van der Waals surface area (Å²) < 4.78 is 0. The van der Waals surface area contributed by atoms with Crippen LogP contribution in [0, 0.1) is 11.3 Å². The lowest BCUT2D eigenvalue weighted by atomic mass is 9.49. The molecule has 0 amide bonds. The largest absolute Gasteiger partial charge is 0.478 e. The molecule has 2 aliphatic rings. The second kappa shape index (κ2) is 11.6. The zero-order valence-electron chi connectivity index (χ0n) is 20.6. The monoisotopic (exact) mass is 455 g/mol. The van der Waals surface area contributed by atoms with Gasteiger partial charge in [-0.1, -0.05) is 64.5 Å². The Labute approximate surface area is 198 Å². The molecule has 2 aliphatic carbocycles. The molecule has 4 N–H and O–H groups in total. The average molecular weight is 456 g/mol. The minimum absolute atomic E-state index is 0.342. The van der Waals surface area contributed by atoms with Gasteiger partial charge in [-0.15, -0.1) is 0 Å². The summed E-state index contributed by atoms with van der Waals surface area (Å²) in [6.45, 7) is 10.5. The van der Waals surface area contributed by atoms with E-state index in [1.54, 1.807) is 11.1 Å². The van der Waals surface area contributed by atoms with Gasteiger partial charge in [-0.2, -0.15) is 0 Å². The summed E-state index contributed by atoms with van der Waals surface area (Å²) in [5.74, 6) is -1.13. The second-order valence-corrected chi connectivity index (χ2v) is 10.3. The zero-order valence-corrected chi connectivity index (χ0v) is 20.6. The van der Waals surface area contributed by atoms with Crippen molar-refractivity contribution in [2.75, 3.05) is 6.54 Å². The maximum absolute atomic E-state index is 9.55. The molecule has 0 aliphatic heterocycles. The number of carbonyl (C=O) groups is 2. The molecule has 182 valence electrons. The Bertz CT molecular complexity index is 872. The number of unbranched alkanes of at least 4 members (excludes halogenated alkanes) is 1. The highest BCUT2D eigenvalue weighted by atomic mass is 16.4. The normalized spacial score (nSPS) is 26.5. The Morgan fingerprint density at radius 2 is 1.82 bits per heavy atom. The summed E-state index contributed by atoms with van der Waals surface area (Å²) in [5.41, 5.74) is 11.1. The third kappa shape index (κ3) is 6.80. The molecule has 0 radical (unpaired) electrons. The summed E-state index contributed by atoms with van der Waals surface area (Å²) >= 11 is 0. The molecular formula is C28H41NO4. The fraction of sp³-hybridized carbons (Fsp3) is 0.571. The fourth-order valence-corrected chi connectivity index (χ4v) is 5.85. The molecule has 1 saturated carbocycles. The van der Waals surface area contributed by atoms with Gasteiger partial charge in [-0.25, -0.2) is 9.59 Å². The molecule has 1 aromatic carbocycles. The van der Waals surface area contributed by atoms with Crippen molar-refractivity contribution < 1.29 is 19.8 Å². The van der Waals surface area contributed by atoms with Crippen LogP contribution in [0.1, 0.15) is 88.8 Å². The molecule has 3 atom stereocenters. The van der Waals surface area contributed by atoms with Gasteiger partial charge in [0.15, 0.2) is 0 Å². The van der Waals surface area contributed by atoms with E-state index in [0.717, 1.165) is 25.3 Å². The van der Waals surface area contributed by atoms with Crippen molar-refractivity contribution in [1.29, 1.82) is 0 Å². The van der Waals surface area contributed by atoms with Crippen LogP contribution >= 0.6 is 0 Å². The van der Waals surface area contributed by atoms with E-state index in [2.05, 4.69) is 58.0 Å². The number of fused-ring (bicyclic) bond motifs is 3. The summed E-state index contributed by atoms with van der Waals surface area (Å²) in [4.78, 5) is 19.1. The Kier molecular flexibility index (Phi) is 9.47. The predicted molar refractivity (Wildman–Crippen MR) is 133 cm³/mol.